The van der Waals surface area contributed by atoms with Gasteiger partial charge in [0, 0.05) is 32.4 Å². The highest BCUT2D eigenvalue weighted by molar-refractivity contribution is 14.0. The minimum atomic E-state index is -0.498. The van der Waals surface area contributed by atoms with Crippen LogP contribution in [-0.4, -0.2) is 53.6 Å². The Morgan fingerprint density at radius 1 is 1.13 bits per heavy atom. The second kappa shape index (κ2) is 13.1. The number of hydrogen-bond donors (Lipinski definition) is 3. The molecule has 0 bridgehead atoms. The largest absolute Gasteiger partial charge is 0.444 e. The molecule has 2 aromatic rings. The van der Waals surface area contributed by atoms with Gasteiger partial charge in [0.1, 0.15) is 5.60 Å². The van der Waals surface area contributed by atoms with Crippen LogP contribution in [-0.2, 0) is 11.2 Å². The van der Waals surface area contributed by atoms with Gasteiger partial charge in [-0.1, -0.05) is 18.2 Å². The van der Waals surface area contributed by atoms with Crippen LogP contribution in [0.2, 0.25) is 0 Å². The molecule has 0 aliphatic heterocycles. The van der Waals surface area contributed by atoms with Crippen molar-refractivity contribution >= 4 is 36.0 Å². The number of aromatic nitrogens is 2. The third-order valence-electron chi connectivity index (χ3n) is 3.76. The molecule has 0 aliphatic carbocycles. The minimum absolute atomic E-state index is 0. The van der Waals surface area contributed by atoms with Crippen LogP contribution >= 0.6 is 24.0 Å². The number of aliphatic imine (C=N–C) groups is 1. The normalized spacial score (nSPS) is 11.4. The summed E-state index contributed by atoms with van der Waals surface area (Å²) in [6.07, 6.45) is 4.26. The number of para-hydroxylation sites is 1. The molecule has 0 fully saturated rings. The first kappa shape index (κ1) is 25.7. The lowest BCUT2D eigenvalue weighted by molar-refractivity contribution is 0.0529. The smallest absolute Gasteiger partial charge is 0.407 e. The molecule has 0 unspecified atom stereocenters. The van der Waals surface area contributed by atoms with Crippen LogP contribution < -0.4 is 16.0 Å². The van der Waals surface area contributed by atoms with E-state index < -0.39 is 11.7 Å². The van der Waals surface area contributed by atoms with Crippen LogP contribution in [0.25, 0.3) is 5.69 Å². The third-order valence-corrected chi connectivity index (χ3v) is 3.76. The molecule has 3 N–H and O–H groups in total. The zero-order valence-corrected chi connectivity index (χ0v) is 20.5. The summed E-state index contributed by atoms with van der Waals surface area (Å²) in [5, 5.41) is 13.5. The molecule has 0 spiro atoms. The second-order valence-electron chi connectivity index (χ2n) is 7.49. The zero-order chi connectivity index (χ0) is 21.1. The number of carbonyl (C=O) groups is 1. The number of amides is 1. The first-order chi connectivity index (χ1) is 13.9. The number of nitrogens with one attached hydrogen (secondary N) is 3. The van der Waals surface area contributed by atoms with Crippen molar-refractivity contribution in [3.8, 4) is 5.69 Å². The van der Waals surface area contributed by atoms with Gasteiger partial charge in [-0.2, -0.15) is 5.10 Å². The molecule has 0 radical (unpaired) electrons. The highest BCUT2D eigenvalue weighted by Crippen LogP contribution is 2.08. The average Bonchev–Trinajstić information content (AvgIpc) is 3.13. The Morgan fingerprint density at radius 2 is 1.83 bits per heavy atom. The van der Waals surface area contributed by atoms with E-state index in [9.17, 15) is 4.79 Å². The van der Waals surface area contributed by atoms with Crippen LogP contribution in [0.15, 0.2) is 47.7 Å². The summed E-state index contributed by atoms with van der Waals surface area (Å²) in [4.78, 5) is 16.2. The van der Waals surface area contributed by atoms with Crippen LogP contribution in [0.5, 0.6) is 0 Å². The molecule has 1 aromatic heterocycles. The van der Waals surface area contributed by atoms with E-state index in [4.69, 9.17) is 4.74 Å². The maximum absolute atomic E-state index is 11.6. The van der Waals surface area contributed by atoms with Gasteiger partial charge in [0.15, 0.2) is 5.96 Å². The first-order valence-corrected chi connectivity index (χ1v) is 9.95. The summed E-state index contributed by atoms with van der Waals surface area (Å²) < 4.78 is 7.07. The molecule has 0 aliphatic rings. The predicted molar refractivity (Wildman–Crippen MR) is 131 cm³/mol. The van der Waals surface area contributed by atoms with Gasteiger partial charge in [-0.25, -0.2) is 9.48 Å². The highest BCUT2D eigenvalue weighted by atomic mass is 127. The molecular formula is C21H33IN6O2. The maximum Gasteiger partial charge on any atom is 0.407 e. The second-order valence-corrected chi connectivity index (χ2v) is 7.49. The Morgan fingerprint density at radius 3 is 2.50 bits per heavy atom. The maximum atomic E-state index is 11.6. The minimum Gasteiger partial charge on any atom is -0.444 e. The van der Waals surface area contributed by atoms with Crippen molar-refractivity contribution in [1.29, 1.82) is 0 Å². The molecule has 0 saturated heterocycles. The van der Waals surface area contributed by atoms with Crippen LogP contribution in [0.3, 0.4) is 0 Å². The van der Waals surface area contributed by atoms with Crippen LogP contribution in [0, 0.1) is 0 Å². The molecule has 1 heterocycles. The lowest BCUT2D eigenvalue weighted by Gasteiger charge is -2.19. The molecule has 1 aromatic carbocycles. The van der Waals surface area contributed by atoms with E-state index in [1.165, 1.54) is 0 Å². The number of benzene rings is 1. The molecule has 0 atom stereocenters. The predicted octanol–water partition coefficient (Wildman–Crippen LogP) is 3.11. The third kappa shape index (κ3) is 9.95. The van der Waals surface area contributed by atoms with E-state index in [-0.39, 0.29) is 24.0 Å². The summed E-state index contributed by atoms with van der Waals surface area (Å²) in [6.45, 7) is 9.92. The summed E-state index contributed by atoms with van der Waals surface area (Å²) in [5.41, 5.74) is 1.66. The summed E-state index contributed by atoms with van der Waals surface area (Å²) in [7, 11) is 0. The Hall–Kier alpha value is -2.30. The fourth-order valence-electron chi connectivity index (χ4n) is 2.51. The number of ether oxygens (including phenoxy) is 1. The van der Waals surface area contributed by atoms with E-state index in [2.05, 4.69) is 26.0 Å². The summed E-state index contributed by atoms with van der Waals surface area (Å²) in [5.74, 6) is 0.717. The van der Waals surface area contributed by atoms with Crippen molar-refractivity contribution in [1.82, 2.24) is 25.7 Å². The standard InChI is InChI=1S/C21H32N6O2.HI/c1-5-22-19(24-13-14-25-20(28)29-21(2,3)4)23-12-11-17-15-26-27(16-17)18-9-7-6-8-10-18;/h6-10,15-16H,5,11-14H2,1-4H3,(H,25,28)(H2,22,23,24);1H. The molecule has 1 amide bonds. The molecule has 9 heteroatoms. The lowest BCUT2D eigenvalue weighted by Crippen LogP contribution is -2.42. The van der Waals surface area contributed by atoms with Crippen molar-refractivity contribution < 1.29 is 9.53 Å². The van der Waals surface area contributed by atoms with Gasteiger partial charge in [-0.3, -0.25) is 4.99 Å². The van der Waals surface area contributed by atoms with Gasteiger partial charge in [0.25, 0.3) is 0 Å². The molecule has 0 saturated carbocycles. The Labute approximate surface area is 195 Å². The lowest BCUT2D eigenvalue weighted by atomic mass is 10.2. The Balaban J connectivity index is 0.00000450. The number of hydrogen-bond acceptors (Lipinski definition) is 4. The Bertz CT molecular complexity index is 786. The first-order valence-electron chi connectivity index (χ1n) is 9.95. The Kier molecular flexibility index (Phi) is 11.2. The molecule has 166 valence electrons. The van der Waals surface area contributed by atoms with Crippen molar-refractivity contribution in [3.63, 3.8) is 0 Å². The van der Waals surface area contributed by atoms with Crippen molar-refractivity contribution in [3.05, 3.63) is 48.3 Å². The fraction of sp³-hybridized carbons (Fsp3) is 0.476. The SMILES string of the molecule is CCNC(=NCCc1cnn(-c2ccccc2)c1)NCCNC(=O)OC(C)(C)C.I. The monoisotopic (exact) mass is 528 g/mol. The van der Waals surface area contributed by atoms with Gasteiger partial charge in [-0.15, -0.1) is 24.0 Å². The fourth-order valence-corrected chi connectivity index (χ4v) is 2.51. The van der Waals surface area contributed by atoms with Crippen molar-refractivity contribution in [2.45, 2.75) is 39.7 Å². The van der Waals surface area contributed by atoms with Crippen LogP contribution in [0.1, 0.15) is 33.3 Å². The van der Waals surface area contributed by atoms with Gasteiger partial charge < -0.3 is 20.7 Å². The van der Waals surface area contributed by atoms with Gasteiger partial charge in [-0.05, 0) is 51.8 Å². The quantitative estimate of drug-likeness (QED) is 0.212. The number of halogens is 1. The number of nitrogens with zero attached hydrogens (tertiary/aromatic N) is 3. The molecular weight excluding hydrogens is 495 g/mol. The molecule has 8 nitrogen and oxygen atoms in total. The average molecular weight is 528 g/mol. The number of alkyl carbamates (subject to hydrolysis) is 1. The summed E-state index contributed by atoms with van der Waals surface area (Å²) in [6, 6.07) is 10.0. The molecule has 30 heavy (non-hydrogen) atoms. The van der Waals surface area contributed by atoms with Crippen LogP contribution in [0.4, 0.5) is 4.79 Å². The van der Waals surface area contributed by atoms with E-state index in [0.29, 0.717) is 25.6 Å². The molecule has 2 rings (SSSR count). The van der Waals surface area contributed by atoms with E-state index in [1.54, 1.807) is 0 Å². The number of rotatable bonds is 8. The topological polar surface area (TPSA) is 92.6 Å². The van der Waals surface area contributed by atoms with E-state index in [1.807, 2.05) is 75.1 Å². The van der Waals surface area contributed by atoms with Gasteiger partial charge >= 0.3 is 6.09 Å². The van der Waals surface area contributed by atoms with Crippen molar-refractivity contribution in [2.75, 3.05) is 26.2 Å². The number of guanidine groups is 1. The number of carbonyl (C=O) groups excluding carboxylic acids is 1. The van der Waals surface area contributed by atoms with E-state index >= 15 is 0 Å². The zero-order valence-electron chi connectivity index (χ0n) is 18.1. The summed E-state index contributed by atoms with van der Waals surface area (Å²) >= 11 is 0. The van der Waals surface area contributed by atoms with Gasteiger partial charge in [0.05, 0.1) is 11.9 Å². The van der Waals surface area contributed by atoms with Gasteiger partial charge in [0.2, 0.25) is 0 Å². The van der Waals surface area contributed by atoms with E-state index in [0.717, 1.165) is 24.2 Å². The highest BCUT2D eigenvalue weighted by Gasteiger charge is 2.15. The van der Waals surface area contributed by atoms with Crippen molar-refractivity contribution in [2.24, 2.45) is 4.99 Å².